The van der Waals surface area contributed by atoms with Crippen LogP contribution in [0, 0.1) is 0 Å². The van der Waals surface area contributed by atoms with Gasteiger partial charge in [-0.1, -0.05) is 24.6 Å². The standard InChI is InChI=1S/C23H19ClN6O2/c1-2-10-31-20-5-3-4-18-22(20)23(27-13-25-18)29-15-6-7-19(17(24)11-15)32-16-8-9-30-21(12-16)26-14-28-30/h3-9,11-14H,2,10H2,1H3,(H,25,27,29). The van der Waals surface area contributed by atoms with Crippen molar-refractivity contribution >= 4 is 39.7 Å². The summed E-state index contributed by atoms with van der Waals surface area (Å²) in [6, 6.07) is 14.8. The van der Waals surface area contributed by atoms with Gasteiger partial charge in [-0.25, -0.2) is 19.5 Å². The minimum Gasteiger partial charge on any atom is -0.493 e. The van der Waals surface area contributed by atoms with E-state index in [9.17, 15) is 0 Å². The van der Waals surface area contributed by atoms with Gasteiger partial charge in [0.05, 0.1) is 22.5 Å². The van der Waals surface area contributed by atoms with Crippen LogP contribution in [-0.2, 0) is 0 Å². The van der Waals surface area contributed by atoms with E-state index in [-0.39, 0.29) is 0 Å². The van der Waals surface area contributed by atoms with Gasteiger partial charge in [-0.05, 0) is 42.8 Å². The molecule has 0 aliphatic carbocycles. The molecule has 0 saturated carbocycles. The first-order chi connectivity index (χ1) is 15.7. The van der Waals surface area contributed by atoms with Crippen molar-refractivity contribution < 1.29 is 9.47 Å². The Balaban J connectivity index is 1.41. The molecule has 0 atom stereocenters. The maximum atomic E-state index is 6.51. The number of nitrogens with one attached hydrogen (secondary N) is 1. The van der Waals surface area contributed by atoms with Gasteiger partial charge in [0, 0.05) is 18.0 Å². The molecule has 8 nitrogen and oxygen atoms in total. The van der Waals surface area contributed by atoms with Crippen molar-refractivity contribution in [3.8, 4) is 17.2 Å². The van der Waals surface area contributed by atoms with E-state index in [1.54, 1.807) is 35.0 Å². The molecule has 5 aromatic rings. The maximum absolute atomic E-state index is 6.51. The fourth-order valence-electron chi connectivity index (χ4n) is 3.29. The second-order valence-electron chi connectivity index (χ2n) is 7.02. The molecule has 0 aliphatic rings. The number of nitrogens with zero attached hydrogens (tertiary/aromatic N) is 5. The number of anilines is 2. The number of fused-ring (bicyclic) bond motifs is 2. The third kappa shape index (κ3) is 4.00. The monoisotopic (exact) mass is 446 g/mol. The van der Waals surface area contributed by atoms with Crippen molar-refractivity contribution in [2.45, 2.75) is 13.3 Å². The molecule has 160 valence electrons. The van der Waals surface area contributed by atoms with Gasteiger partial charge >= 0.3 is 0 Å². The average Bonchev–Trinajstić information content (AvgIpc) is 3.27. The van der Waals surface area contributed by atoms with Gasteiger partial charge in [-0.15, -0.1) is 0 Å². The Morgan fingerprint density at radius 1 is 1.00 bits per heavy atom. The molecule has 2 aromatic carbocycles. The number of ether oxygens (including phenoxy) is 2. The molecule has 0 bridgehead atoms. The highest BCUT2D eigenvalue weighted by molar-refractivity contribution is 6.32. The molecule has 3 aromatic heterocycles. The lowest BCUT2D eigenvalue weighted by molar-refractivity contribution is 0.321. The predicted octanol–water partition coefficient (Wildman–Crippen LogP) is 5.65. The van der Waals surface area contributed by atoms with Crippen LogP contribution in [0.15, 0.2) is 67.4 Å². The molecular weight excluding hydrogens is 428 g/mol. The van der Waals surface area contributed by atoms with E-state index in [4.69, 9.17) is 21.1 Å². The van der Waals surface area contributed by atoms with Gasteiger partial charge < -0.3 is 14.8 Å². The highest BCUT2D eigenvalue weighted by atomic mass is 35.5. The molecule has 9 heteroatoms. The van der Waals surface area contributed by atoms with Crippen molar-refractivity contribution in [1.29, 1.82) is 0 Å². The molecule has 0 unspecified atom stereocenters. The van der Waals surface area contributed by atoms with Crippen LogP contribution in [0.3, 0.4) is 0 Å². The lowest BCUT2D eigenvalue weighted by atomic mass is 10.2. The first kappa shape index (κ1) is 20.0. The Kier molecular flexibility index (Phi) is 5.43. The van der Waals surface area contributed by atoms with E-state index in [1.165, 1.54) is 12.7 Å². The first-order valence-corrected chi connectivity index (χ1v) is 10.5. The molecule has 3 heterocycles. The summed E-state index contributed by atoms with van der Waals surface area (Å²) in [4.78, 5) is 12.9. The lowest BCUT2D eigenvalue weighted by Gasteiger charge is -2.14. The summed E-state index contributed by atoms with van der Waals surface area (Å²) in [6.07, 6.45) is 5.70. The Morgan fingerprint density at radius 2 is 1.94 bits per heavy atom. The van der Waals surface area contributed by atoms with Crippen LogP contribution in [0.1, 0.15) is 13.3 Å². The lowest BCUT2D eigenvalue weighted by Crippen LogP contribution is -2.00. The average molecular weight is 447 g/mol. The smallest absolute Gasteiger partial charge is 0.158 e. The fraction of sp³-hybridized carbons (Fsp3) is 0.130. The van der Waals surface area contributed by atoms with E-state index in [1.807, 2.05) is 24.3 Å². The van der Waals surface area contributed by atoms with Gasteiger partial charge in [0.15, 0.2) is 5.65 Å². The van der Waals surface area contributed by atoms with Gasteiger partial charge in [0.25, 0.3) is 0 Å². The van der Waals surface area contributed by atoms with Crippen LogP contribution in [-0.4, -0.2) is 31.2 Å². The molecule has 0 spiro atoms. The third-order valence-corrected chi connectivity index (χ3v) is 5.06. The minimum absolute atomic E-state index is 0.456. The van der Waals surface area contributed by atoms with Crippen molar-refractivity contribution in [3.05, 3.63) is 72.4 Å². The molecule has 5 rings (SSSR count). The zero-order chi connectivity index (χ0) is 21.9. The highest BCUT2D eigenvalue weighted by Gasteiger charge is 2.12. The molecule has 0 saturated heterocycles. The number of rotatable bonds is 7. The van der Waals surface area contributed by atoms with Crippen molar-refractivity contribution in [2.24, 2.45) is 0 Å². The second-order valence-corrected chi connectivity index (χ2v) is 7.43. The fourth-order valence-corrected chi connectivity index (χ4v) is 3.51. The summed E-state index contributed by atoms with van der Waals surface area (Å²) in [5.74, 6) is 2.53. The second kappa shape index (κ2) is 8.68. The first-order valence-electron chi connectivity index (χ1n) is 10.1. The van der Waals surface area contributed by atoms with E-state index in [0.29, 0.717) is 34.6 Å². The van der Waals surface area contributed by atoms with Crippen molar-refractivity contribution in [2.75, 3.05) is 11.9 Å². The maximum Gasteiger partial charge on any atom is 0.158 e. The number of benzene rings is 2. The quantitative estimate of drug-likeness (QED) is 0.345. The van der Waals surface area contributed by atoms with E-state index >= 15 is 0 Å². The number of pyridine rings is 1. The van der Waals surface area contributed by atoms with Crippen LogP contribution < -0.4 is 14.8 Å². The molecule has 0 amide bonds. The van der Waals surface area contributed by atoms with Crippen LogP contribution in [0.4, 0.5) is 11.5 Å². The van der Waals surface area contributed by atoms with Gasteiger partial charge in [-0.3, -0.25) is 0 Å². The van der Waals surface area contributed by atoms with Crippen molar-refractivity contribution in [3.63, 3.8) is 0 Å². The summed E-state index contributed by atoms with van der Waals surface area (Å²) in [5, 5.41) is 8.68. The van der Waals surface area contributed by atoms with Crippen molar-refractivity contribution in [1.82, 2.24) is 24.6 Å². The summed E-state index contributed by atoms with van der Waals surface area (Å²) in [5.41, 5.74) is 2.25. The van der Waals surface area contributed by atoms with Crippen LogP contribution >= 0.6 is 11.6 Å². The van der Waals surface area contributed by atoms with Crippen LogP contribution in [0.25, 0.3) is 16.6 Å². The third-order valence-electron chi connectivity index (χ3n) is 4.76. The van der Waals surface area contributed by atoms with Gasteiger partial charge in [0.2, 0.25) is 0 Å². The highest BCUT2D eigenvalue weighted by Crippen LogP contribution is 2.35. The Hall–Kier alpha value is -3.91. The molecule has 1 N–H and O–H groups in total. The normalized spacial score (nSPS) is 11.1. The zero-order valence-corrected chi connectivity index (χ0v) is 18.0. The Bertz CT molecular complexity index is 1400. The number of hydrogen-bond donors (Lipinski definition) is 1. The molecule has 0 aliphatic heterocycles. The van der Waals surface area contributed by atoms with Gasteiger partial charge in [0.1, 0.15) is 35.7 Å². The Labute approximate surface area is 188 Å². The van der Waals surface area contributed by atoms with E-state index in [0.717, 1.165) is 28.8 Å². The Morgan fingerprint density at radius 3 is 2.81 bits per heavy atom. The largest absolute Gasteiger partial charge is 0.493 e. The van der Waals surface area contributed by atoms with Gasteiger partial charge in [-0.2, -0.15) is 5.10 Å². The topological polar surface area (TPSA) is 86.5 Å². The summed E-state index contributed by atoms with van der Waals surface area (Å²) in [6.45, 7) is 2.68. The molecule has 0 radical (unpaired) electrons. The van der Waals surface area contributed by atoms with Crippen LogP contribution in [0.2, 0.25) is 5.02 Å². The number of aromatic nitrogens is 5. The molecule has 32 heavy (non-hydrogen) atoms. The number of halogens is 1. The summed E-state index contributed by atoms with van der Waals surface area (Å²) in [7, 11) is 0. The summed E-state index contributed by atoms with van der Waals surface area (Å²) >= 11 is 6.51. The SMILES string of the molecule is CCCOc1cccc2ncnc(Nc3ccc(Oc4ccn5ncnc5c4)c(Cl)c3)c12. The van der Waals surface area contributed by atoms with Crippen LogP contribution in [0.5, 0.6) is 17.2 Å². The minimum atomic E-state index is 0.456. The summed E-state index contributed by atoms with van der Waals surface area (Å²) < 4.78 is 13.5. The number of hydrogen-bond acceptors (Lipinski definition) is 7. The van der Waals surface area contributed by atoms with E-state index in [2.05, 4.69) is 32.3 Å². The van der Waals surface area contributed by atoms with E-state index < -0.39 is 0 Å². The predicted molar refractivity (Wildman–Crippen MR) is 123 cm³/mol. The molecular formula is C23H19ClN6O2. The molecule has 0 fully saturated rings. The zero-order valence-electron chi connectivity index (χ0n) is 17.2.